The number of nitrogens with zero attached hydrogens (tertiary/aromatic N) is 2. The third-order valence-corrected chi connectivity index (χ3v) is 4.61. The summed E-state index contributed by atoms with van der Waals surface area (Å²) in [6.45, 7) is 2.39. The van der Waals surface area contributed by atoms with Gasteiger partial charge in [-0.25, -0.2) is 4.79 Å². The van der Waals surface area contributed by atoms with Crippen molar-refractivity contribution in [3.8, 4) is 0 Å². The van der Waals surface area contributed by atoms with Crippen molar-refractivity contribution in [1.29, 1.82) is 0 Å². The lowest BCUT2D eigenvalue weighted by molar-refractivity contribution is -0.125. The number of amides is 4. The zero-order valence-electron chi connectivity index (χ0n) is 13.7. The maximum atomic E-state index is 12.7. The molecule has 2 heterocycles. The largest absolute Gasteiger partial charge is 0.359 e. The number of rotatable bonds is 3. The summed E-state index contributed by atoms with van der Waals surface area (Å²) >= 11 is 0. The van der Waals surface area contributed by atoms with Crippen LogP contribution < -0.4 is 15.5 Å². The highest BCUT2D eigenvalue weighted by atomic mass is 16.2. The molecule has 0 aromatic heterocycles. The van der Waals surface area contributed by atoms with Gasteiger partial charge in [-0.2, -0.15) is 0 Å². The molecule has 1 aromatic carbocycles. The van der Waals surface area contributed by atoms with Crippen LogP contribution in [0.15, 0.2) is 24.3 Å². The fourth-order valence-corrected chi connectivity index (χ4v) is 3.26. The molecule has 0 radical (unpaired) electrons. The van der Waals surface area contributed by atoms with E-state index in [0.29, 0.717) is 31.7 Å². The fraction of sp³-hybridized carbons (Fsp3) is 0.471. The average Bonchev–Trinajstić information content (AvgIpc) is 3.06. The summed E-state index contributed by atoms with van der Waals surface area (Å²) in [5.41, 5.74) is 1.36. The summed E-state index contributed by atoms with van der Waals surface area (Å²) < 4.78 is 0. The van der Waals surface area contributed by atoms with Crippen molar-refractivity contribution in [1.82, 2.24) is 15.5 Å². The first kappa shape index (κ1) is 16.3. The summed E-state index contributed by atoms with van der Waals surface area (Å²) in [6.07, 6.45) is 1.64. The van der Waals surface area contributed by atoms with Crippen LogP contribution in [0.25, 0.3) is 0 Å². The predicted molar refractivity (Wildman–Crippen MR) is 89.9 cm³/mol. The number of carbonyl (C=O) groups is 3. The Kier molecular flexibility index (Phi) is 4.69. The first-order valence-electron chi connectivity index (χ1n) is 8.26. The molecule has 7 nitrogen and oxygen atoms in total. The van der Waals surface area contributed by atoms with Crippen molar-refractivity contribution in [2.75, 3.05) is 38.1 Å². The van der Waals surface area contributed by atoms with Crippen LogP contribution in [0, 0.1) is 5.92 Å². The third kappa shape index (κ3) is 3.20. The Morgan fingerprint density at radius 3 is 2.58 bits per heavy atom. The quantitative estimate of drug-likeness (QED) is 0.861. The van der Waals surface area contributed by atoms with E-state index in [1.165, 1.54) is 0 Å². The maximum absolute atomic E-state index is 12.7. The molecule has 0 saturated carbocycles. The second-order valence-electron chi connectivity index (χ2n) is 6.14. The van der Waals surface area contributed by atoms with E-state index in [4.69, 9.17) is 0 Å². The summed E-state index contributed by atoms with van der Waals surface area (Å²) in [6, 6.07) is 6.95. The lowest BCUT2D eigenvalue weighted by Crippen LogP contribution is -2.44. The average molecular weight is 330 g/mol. The molecule has 2 saturated heterocycles. The highest BCUT2D eigenvalue weighted by Gasteiger charge is 2.28. The number of anilines is 1. The topological polar surface area (TPSA) is 81.8 Å². The minimum absolute atomic E-state index is 0.0112. The Morgan fingerprint density at radius 1 is 1.21 bits per heavy atom. The van der Waals surface area contributed by atoms with Gasteiger partial charge in [0, 0.05) is 44.5 Å². The Labute approximate surface area is 141 Å². The number of hydrogen-bond donors (Lipinski definition) is 2. The number of carbonyl (C=O) groups excluding carboxylic acids is 3. The van der Waals surface area contributed by atoms with E-state index < -0.39 is 0 Å². The molecule has 24 heavy (non-hydrogen) atoms. The monoisotopic (exact) mass is 330 g/mol. The number of piperidine rings is 1. The molecule has 0 bridgehead atoms. The molecular formula is C17H22N4O3. The Morgan fingerprint density at radius 2 is 1.96 bits per heavy atom. The normalized spacial score (nSPS) is 20.7. The minimum Gasteiger partial charge on any atom is -0.359 e. The zero-order chi connectivity index (χ0) is 17.1. The van der Waals surface area contributed by atoms with Gasteiger partial charge in [-0.3, -0.25) is 14.5 Å². The molecule has 1 unspecified atom stereocenters. The SMILES string of the molecule is CNC(=O)C1CCCN(C(=O)c2ccc(N3CCNC3=O)cc2)C1. The van der Waals surface area contributed by atoms with Gasteiger partial charge in [0.1, 0.15) is 0 Å². The van der Waals surface area contributed by atoms with E-state index in [-0.39, 0.29) is 23.8 Å². The van der Waals surface area contributed by atoms with Gasteiger partial charge in [-0.05, 0) is 37.1 Å². The van der Waals surface area contributed by atoms with Crippen LogP contribution in [-0.4, -0.2) is 56.0 Å². The van der Waals surface area contributed by atoms with Gasteiger partial charge < -0.3 is 15.5 Å². The van der Waals surface area contributed by atoms with Crippen LogP contribution in [0.1, 0.15) is 23.2 Å². The van der Waals surface area contributed by atoms with Crippen molar-refractivity contribution in [3.63, 3.8) is 0 Å². The Balaban J connectivity index is 1.68. The van der Waals surface area contributed by atoms with E-state index in [0.717, 1.165) is 18.5 Å². The van der Waals surface area contributed by atoms with E-state index in [9.17, 15) is 14.4 Å². The van der Waals surface area contributed by atoms with Crippen LogP contribution in [0.3, 0.4) is 0 Å². The minimum atomic E-state index is -0.139. The first-order valence-corrected chi connectivity index (χ1v) is 8.26. The molecule has 2 aliphatic heterocycles. The molecule has 2 fully saturated rings. The predicted octanol–water partition coefficient (Wildman–Crippen LogP) is 0.814. The number of nitrogens with one attached hydrogen (secondary N) is 2. The van der Waals surface area contributed by atoms with Gasteiger partial charge in [0.2, 0.25) is 5.91 Å². The summed E-state index contributed by atoms with van der Waals surface area (Å²) in [5, 5.41) is 5.41. The van der Waals surface area contributed by atoms with Crippen molar-refractivity contribution in [3.05, 3.63) is 29.8 Å². The molecule has 1 aromatic rings. The Hall–Kier alpha value is -2.57. The molecule has 3 rings (SSSR count). The van der Waals surface area contributed by atoms with E-state index >= 15 is 0 Å². The highest BCUT2D eigenvalue weighted by Crippen LogP contribution is 2.21. The second-order valence-corrected chi connectivity index (χ2v) is 6.14. The number of urea groups is 1. The molecule has 0 aliphatic carbocycles. The molecule has 7 heteroatoms. The van der Waals surface area contributed by atoms with Gasteiger partial charge in [0.25, 0.3) is 5.91 Å². The van der Waals surface area contributed by atoms with Crippen molar-refractivity contribution < 1.29 is 14.4 Å². The number of likely N-dealkylation sites (tertiary alicyclic amines) is 1. The first-order chi connectivity index (χ1) is 11.6. The zero-order valence-corrected chi connectivity index (χ0v) is 13.7. The third-order valence-electron chi connectivity index (χ3n) is 4.61. The van der Waals surface area contributed by atoms with Gasteiger partial charge >= 0.3 is 6.03 Å². The number of benzene rings is 1. The standard InChI is InChI=1S/C17H22N4O3/c1-18-15(22)13-3-2-9-20(11-13)16(23)12-4-6-14(7-5-12)21-10-8-19-17(21)24/h4-7,13H,2-3,8-11H2,1H3,(H,18,22)(H,19,24). The Bertz CT molecular complexity index is 644. The molecule has 2 aliphatic rings. The van der Waals surface area contributed by atoms with Crippen molar-refractivity contribution in [2.24, 2.45) is 5.92 Å². The van der Waals surface area contributed by atoms with Crippen LogP contribution in [0.2, 0.25) is 0 Å². The van der Waals surface area contributed by atoms with Crippen LogP contribution >= 0.6 is 0 Å². The molecule has 0 spiro atoms. The fourth-order valence-electron chi connectivity index (χ4n) is 3.26. The van der Waals surface area contributed by atoms with Gasteiger partial charge in [0.05, 0.1) is 5.92 Å². The lowest BCUT2D eigenvalue weighted by atomic mass is 9.96. The van der Waals surface area contributed by atoms with E-state index in [1.807, 2.05) is 0 Å². The van der Waals surface area contributed by atoms with Gasteiger partial charge in [-0.1, -0.05) is 0 Å². The smallest absolute Gasteiger partial charge is 0.321 e. The lowest BCUT2D eigenvalue weighted by Gasteiger charge is -2.32. The highest BCUT2D eigenvalue weighted by molar-refractivity contribution is 5.97. The van der Waals surface area contributed by atoms with Gasteiger partial charge in [0.15, 0.2) is 0 Å². The molecule has 2 N–H and O–H groups in total. The molecule has 1 atom stereocenters. The van der Waals surface area contributed by atoms with E-state index in [2.05, 4.69) is 10.6 Å². The summed E-state index contributed by atoms with van der Waals surface area (Å²) in [5.74, 6) is -0.218. The van der Waals surface area contributed by atoms with Crippen molar-refractivity contribution >= 4 is 23.5 Å². The molecule has 128 valence electrons. The van der Waals surface area contributed by atoms with Crippen molar-refractivity contribution in [2.45, 2.75) is 12.8 Å². The molecule has 4 amide bonds. The van der Waals surface area contributed by atoms with Crippen LogP contribution in [-0.2, 0) is 4.79 Å². The summed E-state index contributed by atoms with van der Waals surface area (Å²) in [4.78, 5) is 39.5. The van der Waals surface area contributed by atoms with E-state index in [1.54, 1.807) is 41.1 Å². The van der Waals surface area contributed by atoms with Gasteiger partial charge in [-0.15, -0.1) is 0 Å². The molecular weight excluding hydrogens is 308 g/mol. The van der Waals surface area contributed by atoms with Crippen LogP contribution in [0.5, 0.6) is 0 Å². The maximum Gasteiger partial charge on any atom is 0.321 e. The second kappa shape index (κ2) is 6.90. The number of hydrogen-bond acceptors (Lipinski definition) is 3. The van der Waals surface area contributed by atoms with Crippen LogP contribution in [0.4, 0.5) is 10.5 Å². The summed E-state index contributed by atoms with van der Waals surface area (Å²) in [7, 11) is 1.62.